The van der Waals surface area contributed by atoms with Crippen molar-refractivity contribution in [2.24, 2.45) is 9.98 Å². The summed E-state index contributed by atoms with van der Waals surface area (Å²) in [4.78, 5) is 37.1. The van der Waals surface area contributed by atoms with E-state index >= 15 is 0 Å². The third kappa shape index (κ3) is 4.67. The second kappa shape index (κ2) is 11.8. The van der Waals surface area contributed by atoms with Crippen LogP contribution in [0.15, 0.2) is 57.2 Å². The number of ketones is 2. The molecule has 3 aliphatic rings. The molecule has 16 heteroatoms. The van der Waals surface area contributed by atoms with Gasteiger partial charge in [0.15, 0.2) is 23.3 Å². The number of nitriles is 4. The summed E-state index contributed by atoms with van der Waals surface area (Å²) < 4.78 is 62.6. The van der Waals surface area contributed by atoms with Gasteiger partial charge in [0.1, 0.15) is 51.8 Å². The molecule has 0 atom stereocenters. The number of allylic oxidation sites excluding steroid dienone is 5. The van der Waals surface area contributed by atoms with Crippen molar-refractivity contribution in [3.63, 3.8) is 0 Å². The molecule has 3 aliphatic carbocycles. The number of Topliss-reactive ketones (excluding diaryl/α,β-unsaturated/α-hetero) is 2. The highest BCUT2D eigenvalue weighted by Gasteiger charge is 2.42. The first kappa shape index (κ1) is 34.4. The Kier molecular flexibility index (Phi) is 7.37. The second-order valence-corrected chi connectivity index (χ2v) is 17.1. The number of aliphatic imine (C=N–C) groups is 2. The molecule has 9 rings (SSSR count). The molecule has 0 saturated carbocycles. The zero-order chi connectivity index (χ0) is 38.8. The minimum absolute atomic E-state index is 0.0790. The van der Waals surface area contributed by atoms with Gasteiger partial charge in [0, 0.05) is 48.4 Å². The topological polar surface area (TPSA) is 154 Å². The van der Waals surface area contributed by atoms with Crippen LogP contribution in [0.2, 0.25) is 0 Å². The summed E-state index contributed by atoms with van der Waals surface area (Å²) in [5.41, 5.74) is -1.68. The van der Waals surface area contributed by atoms with Gasteiger partial charge in [-0.05, 0) is 42.0 Å². The van der Waals surface area contributed by atoms with Gasteiger partial charge >= 0.3 is 0 Å². The fourth-order valence-electron chi connectivity index (χ4n) is 7.08. The summed E-state index contributed by atoms with van der Waals surface area (Å²) in [5.74, 6) is -6.43. The maximum absolute atomic E-state index is 14.3. The van der Waals surface area contributed by atoms with Gasteiger partial charge in [0.05, 0.1) is 29.2 Å². The standard InChI is InChI=1S/C39H12F4N6O2S4/c1-39(2)25(48-30-27(13(9-44)10-45)15-3-19(40)21(42)5-17(15)32(30)50)7-23-29(39)35-37(52-23)38-36(55-35)34-24(53-38)8-26(54-34)49-31-28(14(11-46)12-47)16-4-20(41)22(43)6-18(16)33(31)51/h3-8H,1-2H3. The van der Waals surface area contributed by atoms with Crippen LogP contribution in [0.25, 0.3) is 45.4 Å². The molecule has 0 fully saturated rings. The van der Waals surface area contributed by atoms with Crippen molar-refractivity contribution < 1.29 is 27.2 Å². The average molecular weight is 801 g/mol. The monoisotopic (exact) mass is 800 g/mol. The summed E-state index contributed by atoms with van der Waals surface area (Å²) in [5, 5.41) is 39.1. The Morgan fingerprint density at radius 1 is 0.600 bits per heavy atom. The first-order valence-corrected chi connectivity index (χ1v) is 19.1. The molecule has 0 N–H and O–H groups in total. The number of hydrogen-bond acceptors (Lipinski definition) is 12. The van der Waals surface area contributed by atoms with Crippen molar-refractivity contribution in [3.8, 4) is 24.3 Å². The fraction of sp³-hybridized carbons (Fsp3) is 0.0769. The van der Waals surface area contributed by atoms with Gasteiger partial charge in [0.2, 0.25) is 11.6 Å². The highest BCUT2D eigenvalue weighted by atomic mass is 32.1. The lowest BCUT2D eigenvalue weighted by atomic mass is 9.86. The van der Waals surface area contributed by atoms with Crippen molar-refractivity contribution in [2.75, 3.05) is 0 Å². The highest BCUT2D eigenvalue weighted by molar-refractivity contribution is 7.45. The Morgan fingerprint density at radius 3 is 1.60 bits per heavy atom. The van der Waals surface area contributed by atoms with E-state index in [1.807, 2.05) is 19.9 Å². The van der Waals surface area contributed by atoms with E-state index in [2.05, 4.69) is 4.99 Å². The SMILES string of the molecule is CC1(C)C(N=C2C(=O)c3cc(F)c(F)cc3C2=C(C#N)C#N)=Cc2sc3c(sc4c5sc(N=C6C(=O)c7cc(F)c(F)cc7C6=C(C#N)C#N)cc5sc34)c21. The van der Waals surface area contributed by atoms with E-state index in [-0.39, 0.29) is 44.8 Å². The fourth-order valence-corrected chi connectivity index (χ4v) is 13.1. The van der Waals surface area contributed by atoms with Gasteiger partial charge in [-0.25, -0.2) is 27.5 Å². The molecule has 6 aromatic rings. The van der Waals surface area contributed by atoms with E-state index in [0.717, 1.165) is 62.9 Å². The molecule has 2 aromatic carbocycles. The summed E-state index contributed by atoms with van der Waals surface area (Å²) in [7, 11) is 0. The number of rotatable bonds is 2. The van der Waals surface area contributed by atoms with Crippen LogP contribution in [0, 0.1) is 68.6 Å². The maximum Gasteiger partial charge on any atom is 0.212 e. The lowest BCUT2D eigenvalue weighted by Gasteiger charge is -2.21. The van der Waals surface area contributed by atoms with Crippen LogP contribution < -0.4 is 0 Å². The molecule has 262 valence electrons. The number of hydrogen-bond donors (Lipinski definition) is 0. The zero-order valence-electron chi connectivity index (χ0n) is 27.6. The molecular weight excluding hydrogens is 789 g/mol. The van der Waals surface area contributed by atoms with Crippen LogP contribution in [0.4, 0.5) is 22.6 Å². The van der Waals surface area contributed by atoms with Crippen molar-refractivity contribution >= 4 is 119 Å². The largest absolute Gasteiger partial charge is 0.287 e. The number of carbonyl (C=O) groups is 2. The molecule has 0 spiro atoms. The summed E-state index contributed by atoms with van der Waals surface area (Å²) in [6.07, 6.45) is 1.83. The molecular formula is C39H12F4N6O2S4. The van der Waals surface area contributed by atoms with E-state index < -0.39 is 51.4 Å². The summed E-state index contributed by atoms with van der Waals surface area (Å²) >= 11 is 5.85. The van der Waals surface area contributed by atoms with Crippen molar-refractivity contribution in [2.45, 2.75) is 19.3 Å². The lowest BCUT2D eigenvalue weighted by molar-refractivity contribution is 0.106. The number of thiophene rings is 4. The smallest absolute Gasteiger partial charge is 0.212 e. The molecule has 0 amide bonds. The predicted molar refractivity (Wildman–Crippen MR) is 204 cm³/mol. The number of carbonyl (C=O) groups excluding carboxylic acids is 2. The van der Waals surface area contributed by atoms with Crippen LogP contribution in [-0.4, -0.2) is 23.0 Å². The van der Waals surface area contributed by atoms with Gasteiger partial charge in [-0.2, -0.15) is 21.0 Å². The van der Waals surface area contributed by atoms with Crippen LogP contribution in [0.5, 0.6) is 0 Å². The Labute approximate surface area is 322 Å². The molecule has 4 heterocycles. The summed E-state index contributed by atoms with van der Waals surface area (Å²) in [6.45, 7) is 3.84. The van der Waals surface area contributed by atoms with Gasteiger partial charge < -0.3 is 0 Å². The van der Waals surface area contributed by atoms with Gasteiger partial charge in [-0.3, -0.25) is 9.59 Å². The van der Waals surface area contributed by atoms with Crippen LogP contribution >= 0.6 is 45.3 Å². The normalized spacial score (nSPS) is 16.8. The van der Waals surface area contributed by atoms with Gasteiger partial charge in [-0.15, -0.1) is 45.3 Å². The van der Waals surface area contributed by atoms with Crippen LogP contribution in [0.1, 0.15) is 56.1 Å². The molecule has 0 aliphatic heterocycles. The Morgan fingerprint density at radius 2 is 1.07 bits per heavy atom. The van der Waals surface area contributed by atoms with E-state index in [0.29, 0.717) is 10.7 Å². The molecule has 0 saturated heterocycles. The van der Waals surface area contributed by atoms with E-state index in [1.165, 1.54) is 45.3 Å². The average Bonchev–Trinajstić information content (AvgIpc) is 3.99. The van der Waals surface area contributed by atoms with E-state index in [4.69, 9.17) is 4.99 Å². The van der Waals surface area contributed by atoms with Gasteiger partial charge in [0.25, 0.3) is 0 Å². The Hall–Kier alpha value is -6.40. The second-order valence-electron chi connectivity index (χ2n) is 12.9. The quantitative estimate of drug-likeness (QED) is 0.125. The molecule has 55 heavy (non-hydrogen) atoms. The third-order valence-corrected chi connectivity index (χ3v) is 14.8. The number of nitrogens with zero attached hydrogens (tertiary/aromatic N) is 6. The maximum atomic E-state index is 14.3. The van der Waals surface area contributed by atoms with Gasteiger partial charge in [-0.1, -0.05) is 13.8 Å². The number of fused-ring (bicyclic) bond motifs is 9. The lowest BCUT2D eigenvalue weighted by Crippen LogP contribution is -2.18. The van der Waals surface area contributed by atoms with Crippen molar-refractivity contribution in [1.29, 1.82) is 21.0 Å². The predicted octanol–water partition coefficient (Wildman–Crippen LogP) is 10.5. The third-order valence-electron chi connectivity index (χ3n) is 9.60. The van der Waals surface area contributed by atoms with Crippen molar-refractivity contribution in [3.05, 3.63) is 103 Å². The van der Waals surface area contributed by atoms with Crippen molar-refractivity contribution in [1.82, 2.24) is 0 Å². The highest BCUT2D eigenvalue weighted by Crippen LogP contribution is 2.57. The summed E-state index contributed by atoms with van der Waals surface area (Å²) in [6, 6.07) is 11.8. The zero-order valence-corrected chi connectivity index (χ0v) is 30.9. The van der Waals surface area contributed by atoms with Crippen LogP contribution in [-0.2, 0) is 5.41 Å². The molecule has 0 radical (unpaired) electrons. The molecule has 0 bridgehead atoms. The Balaban J connectivity index is 1.13. The van der Waals surface area contributed by atoms with Crippen LogP contribution in [0.3, 0.4) is 0 Å². The first-order valence-electron chi connectivity index (χ1n) is 15.8. The minimum Gasteiger partial charge on any atom is -0.287 e. The number of benzene rings is 2. The molecule has 4 aromatic heterocycles. The first-order chi connectivity index (χ1) is 26.3. The molecule has 0 unspecified atom stereocenters. The Bertz CT molecular complexity index is 3230. The molecule has 8 nitrogen and oxygen atoms in total. The number of halogens is 4. The van der Waals surface area contributed by atoms with E-state index in [1.54, 1.807) is 30.3 Å². The minimum atomic E-state index is -1.25. The van der Waals surface area contributed by atoms with E-state index in [9.17, 15) is 48.2 Å².